The Bertz CT molecular complexity index is 1270. The van der Waals surface area contributed by atoms with Crippen LogP contribution in [0, 0.1) is 12.7 Å². The highest BCUT2D eigenvalue weighted by Crippen LogP contribution is 2.44. The van der Waals surface area contributed by atoms with Gasteiger partial charge in [-0.1, -0.05) is 17.4 Å². The van der Waals surface area contributed by atoms with E-state index in [0.717, 1.165) is 23.5 Å². The average molecular weight is 484 g/mol. The SMILES string of the molecule is CCOc1ccc(C2/C(=C(\O)c3ccc(F)cc3)C(=O)C(=O)N2c2nnc(C)s2)cc1OCC. The van der Waals surface area contributed by atoms with Crippen molar-refractivity contribution in [2.75, 3.05) is 18.1 Å². The number of carbonyl (C=O) groups excluding carboxylic acids is 2. The second-order valence-corrected chi connectivity index (χ2v) is 8.51. The monoisotopic (exact) mass is 483 g/mol. The van der Waals surface area contributed by atoms with E-state index < -0.39 is 29.3 Å². The summed E-state index contributed by atoms with van der Waals surface area (Å²) >= 11 is 1.15. The molecule has 1 amide bonds. The van der Waals surface area contributed by atoms with Crippen molar-refractivity contribution in [2.45, 2.75) is 26.8 Å². The number of aliphatic hydroxyl groups excluding tert-OH is 1. The summed E-state index contributed by atoms with van der Waals surface area (Å²) in [5.74, 6) is -1.70. The molecule has 2 aromatic carbocycles. The maximum Gasteiger partial charge on any atom is 0.301 e. The number of rotatable bonds is 7. The van der Waals surface area contributed by atoms with Crippen molar-refractivity contribution >= 4 is 33.9 Å². The topological polar surface area (TPSA) is 102 Å². The highest BCUT2D eigenvalue weighted by molar-refractivity contribution is 7.15. The molecular formula is C24H22FN3O5S. The number of aryl methyl sites for hydroxylation is 1. The van der Waals surface area contributed by atoms with Gasteiger partial charge < -0.3 is 14.6 Å². The lowest BCUT2D eigenvalue weighted by Gasteiger charge is -2.23. The fraction of sp³-hybridized carbons (Fsp3) is 0.250. The summed E-state index contributed by atoms with van der Waals surface area (Å²) in [6.45, 7) is 6.20. The number of nitrogens with zero attached hydrogens (tertiary/aromatic N) is 3. The van der Waals surface area contributed by atoms with Crippen LogP contribution in [0.15, 0.2) is 48.0 Å². The van der Waals surface area contributed by atoms with Crippen LogP contribution in [0.4, 0.5) is 9.52 Å². The van der Waals surface area contributed by atoms with Crippen molar-refractivity contribution in [1.82, 2.24) is 10.2 Å². The summed E-state index contributed by atoms with van der Waals surface area (Å²) in [6.07, 6.45) is 0. The first-order valence-electron chi connectivity index (χ1n) is 10.6. The summed E-state index contributed by atoms with van der Waals surface area (Å²) in [7, 11) is 0. The number of anilines is 1. The number of aromatic nitrogens is 2. The van der Waals surface area contributed by atoms with Crippen molar-refractivity contribution < 1.29 is 28.6 Å². The van der Waals surface area contributed by atoms with Gasteiger partial charge in [0.1, 0.15) is 16.6 Å². The number of ketones is 1. The number of halogens is 1. The second-order valence-electron chi connectivity index (χ2n) is 7.35. The molecule has 8 nitrogen and oxygen atoms in total. The molecule has 1 aliphatic rings. The molecule has 1 aromatic heterocycles. The zero-order valence-electron chi connectivity index (χ0n) is 18.7. The van der Waals surface area contributed by atoms with E-state index in [-0.39, 0.29) is 16.3 Å². The number of benzene rings is 2. The maximum absolute atomic E-state index is 13.4. The third kappa shape index (κ3) is 4.24. The number of Topliss-reactive ketones (excluding diaryl/α,β-unsaturated/α-hetero) is 1. The van der Waals surface area contributed by atoms with Gasteiger partial charge >= 0.3 is 5.91 Å². The molecule has 1 atom stereocenters. The molecule has 0 saturated carbocycles. The van der Waals surface area contributed by atoms with E-state index in [9.17, 15) is 19.1 Å². The van der Waals surface area contributed by atoms with Gasteiger partial charge in [0.15, 0.2) is 11.5 Å². The molecule has 34 heavy (non-hydrogen) atoms. The molecule has 3 aromatic rings. The summed E-state index contributed by atoms with van der Waals surface area (Å²) in [4.78, 5) is 27.5. The van der Waals surface area contributed by atoms with Gasteiger partial charge in [-0.3, -0.25) is 14.5 Å². The molecule has 1 saturated heterocycles. The third-order valence-corrected chi connectivity index (χ3v) is 6.00. The lowest BCUT2D eigenvalue weighted by Crippen LogP contribution is -2.29. The number of amides is 1. The Morgan fingerprint density at radius 2 is 1.74 bits per heavy atom. The minimum absolute atomic E-state index is 0.143. The molecule has 10 heteroatoms. The van der Waals surface area contributed by atoms with E-state index in [2.05, 4.69) is 10.2 Å². The van der Waals surface area contributed by atoms with Crippen LogP contribution in [-0.4, -0.2) is 40.2 Å². The molecule has 4 rings (SSSR count). The highest BCUT2D eigenvalue weighted by Gasteiger charge is 2.48. The zero-order valence-corrected chi connectivity index (χ0v) is 19.6. The van der Waals surface area contributed by atoms with E-state index in [1.54, 1.807) is 25.1 Å². The van der Waals surface area contributed by atoms with E-state index >= 15 is 0 Å². The van der Waals surface area contributed by atoms with Crippen LogP contribution in [-0.2, 0) is 9.59 Å². The van der Waals surface area contributed by atoms with Gasteiger partial charge in [-0.05, 0) is 62.7 Å². The van der Waals surface area contributed by atoms with Crippen LogP contribution in [0.5, 0.6) is 11.5 Å². The van der Waals surface area contributed by atoms with Crippen LogP contribution >= 0.6 is 11.3 Å². The molecule has 1 fully saturated rings. The van der Waals surface area contributed by atoms with Crippen LogP contribution in [0.2, 0.25) is 0 Å². The number of hydrogen-bond acceptors (Lipinski definition) is 8. The summed E-state index contributed by atoms with van der Waals surface area (Å²) in [5, 5.41) is 19.9. The third-order valence-electron chi connectivity index (χ3n) is 5.17. The fourth-order valence-corrected chi connectivity index (χ4v) is 4.44. The number of hydrogen-bond donors (Lipinski definition) is 1. The Morgan fingerprint density at radius 1 is 1.06 bits per heavy atom. The predicted octanol–water partition coefficient (Wildman–Crippen LogP) is 4.41. The summed E-state index contributed by atoms with van der Waals surface area (Å²) in [6, 6.07) is 9.06. The van der Waals surface area contributed by atoms with Gasteiger partial charge in [-0.25, -0.2) is 4.39 Å². The number of carbonyl (C=O) groups is 2. The molecule has 0 bridgehead atoms. The van der Waals surface area contributed by atoms with Gasteiger partial charge in [-0.15, -0.1) is 10.2 Å². The van der Waals surface area contributed by atoms with Crippen LogP contribution in [0.25, 0.3) is 5.76 Å². The molecule has 2 heterocycles. The van der Waals surface area contributed by atoms with Crippen molar-refractivity contribution in [3.8, 4) is 11.5 Å². The van der Waals surface area contributed by atoms with Crippen LogP contribution in [0.3, 0.4) is 0 Å². The van der Waals surface area contributed by atoms with Gasteiger partial charge in [0.2, 0.25) is 5.13 Å². The first kappa shape index (κ1) is 23.4. The lowest BCUT2D eigenvalue weighted by atomic mass is 9.95. The quantitative estimate of drug-likeness (QED) is 0.302. The Balaban J connectivity index is 1.93. The van der Waals surface area contributed by atoms with E-state index in [4.69, 9.17) is 9.47 Å². The van der Waals surface area contributed by atoms with Crippen molar-refractivity contribution in [1.29, 1.82) is 0 Å². The summed E-state index contributed by atoms with van der Waals surface area (Å²) < 4.78 is 24.8. The van der Waals surface area contributed by atoms with Crippen LogP contribution in [0.1, 0.15) is 36.0 Å². The lowest BCUT2D eigenvalue weighted by molar-refractivity contribution is -0.132. The minimum atomic E-state index is -1.01. The Kier molecular flexibility index (Phi) is 6.60. The molecule has 1 N–H and O–H groups in total. The van der Waals surface area contributed by atoms with Gasteiger partial charge in [0.25, 0.3) is 5.78 Å². The Labute approximate surface area is 199 Å². The van der Waals surface area contributed by atoms with Crippen molar-refractivity contribution in [2.24, 2.45) is 0 Å². The molecule has 1 unspecified atom stereocenters. The van der Waals surface area contributed by atoms with Gasteiger partial charge in [0, 0.05) is 5.56 Å². The molecule has 0 spiro atoms. The highest BCUT2D eigenvalue weighted by atomic mass is 32.1. The molecule has 1 aliphatic heterocycles. The molecule has 0 radical (unpaired) electrons. The Morgan fingerprint density at radius 3 is 2.35 bits per heavy atom. The predicted molar refractivity (Wildman–Crippen MR) is 125 cm³/mol. The second kappa shape index (κ2) is 9.60. The first-order valence-corrected chi connectivity index (χ1v) is 11.4. The Hall–Kier alpha value is -3.79. The first-order chi connectivity index (χ1) is 16.3. The standard InChI is InChI=1S/C24H22FN3O5S/c1-4-32-17-11-8-15(12-18(17)33-5-2)20-19(21(29)14-6-9-16(25)10-7-14)22(30)23(31)28(20)24-27-26-13(3)34-24/h6-12,20,29H,4-5H2,1-3H3/b21-19+. The van der Waals surface area contributed by atoms with Gasteiger partial charge in [0.05, 0.1) is 24.8 Å². The number of ether oxygens (including phenoxy) is 2. The molecule has 0 aliphatic carbocycles. The summed E-state index contributed by atoms with van der Waals surface area (Å²) in [5.41, 5.74) is 0.562. The fourth-order valence-electron chi connectivity index (χ4n) is 3.73. The van der Waals surface area contributed by atoms with Crippen molar-refractivity contribution in [3.63, 3.8) is 0 Å². The smallest absolute Gasteiger partial charge is 0.301 e. The number of aliphatic hydroxyl groups is 1. The van der Waals surface area contributed by atoms with Crippen LogP contribution < -0.4 is 14.4 Å². The molecule has 176 valence electrons. The van der Waals surface area contributed by atoms with E-state index in [1.807, 2.05) is 13.8 Å². The average Bonchev–Trinajstić information content (AvgIpc) is 3.36. The van der Waals surface area contributed by atoms with E-state index in [1.165, 1.54) is 17.0 Å². The van der Waals surface area contributed by atoms with Crippen molar-refractivity contribution in [3.05, 3.63) is 70.0 Å². The minimum Gasteiger partial charge on any atom is -0.507 e. The maximum atomic E-state index is 13.4. The molecular weight excluding hydrogens is 461 g/mol. The normalized spacial score (nSPS) is 17.3. The largest absolute Gasteiger partial charge is 0.507 e. The van der Waals surface area contributed by atoms with E-state index in [0.29, 0.717) is 35.3 Å². The van der Waals surface area contributed by atoms with Gasteiger partial charge in [-0.2, -0.15) is 0 Å². The zero-order chi connectivity index (χ0) is 24.4.